The number of hydrogen-bond acceptors (Lipinski definition) is 4. The number of imidazole rings is 1. The molecule has 104 valence electrons. The molecule has 0 radical (unpaired) electrons. The van der Waals surface area contributed by atoms with Crippen molar-refractivity contribution in [2.24, 2.45) is 5.92 Å². The third-order valence-corrected chi connectivity index (χ3v) is 3.87. The average Bonchev–Trinajstić information content (AvgIpc) is 2.66. The van der Waals surface area contributed by atoms with E-state index in [0.29, 0.717) is 12.5 Å². The highest BCUT2D eigenvalue weighted by Gasteiger charge is 2.22. The zero-order chi connectivity index (χ0) is 13.8. The Hall–Kier alpha value is -0.920. The largest absolute Gasteiger partial charge is 0.335 e. The van der Waals surface area contributed by atoms with Gasteiger partial charge in [0.25, 0.3) is 10.0 Å². The molecule has 0 spiro atoms. The summed E-state index contributed by atoms with van der Waals surface area (Å²) in [7, 11) is 0.355. The summed E-state index contributed by atoms with van der Waals surface area (Å²) in [6, 6.07) is -0.103. The van der Waals surface area contributed by atoms with E-state index in [1.165, 1.54) is 12.5 Å². The summed E-state index contributed by atoms with van der Waals surface area (Å²) in [5.74, 6) is 0.430. The molecule has 0 amide bonds. The van der Waals surface area contributed by atoms with Crippen molar-refractivity contribution < 1.29 is 8.42 Å². The molecule has 1 unspecified atom stereocenters. The number of rotatable bonds is 7. The van der Waals surface area contributed by atoms with E-state index in [1.54, 1.807) is 0 Å². The maximum Gasteiger partial charge on any atom is 0.257 e. The summed E-state index contributed by atoms with van der Waals surface area (Å²) in [4.78, 5) is 8.32. The van der Waals surface area contributed by atoms with E-state index < -0.39 is 10.0 Å². The van der Waals surface area contributed by atoms with Crippen LogP contribution >= 0.6 is 0 Å². The van der Waals surface area contributed by atoms with Gasteiger partial charge in [-0.05, 0) is 26.4 Å². The van der Waals surface area contributed by atoms with Crippen LogP contribution in [-0.2, 0) is 10.0 Å². The van der Waals surface area contributed by atoms with E-state index >= 15 is 0 Å². The van der Waals surface area contributed by atoms with Crippen molar-refractivity contribution >= 4 is 10.0 Å². The topological polar surface area (TPSA) is 78.1 Å². The van der Waals surface area contributed by atoms with Crippen LogP contribution in [-0.4, -0.2) is 50.0 Å². The Balaban J connectivity index is 2.76. The Labute approximate surface area is 109 Å². The van der Waals surface area contributed by atoms with Crippen molar-refractivity contribution in [1.29, 1.82) is 0 Å². The molecule has 0 bridgehead atoms. The van der Waals surface area contributed by atoms with Gasteiger partial charge in [-0.1, -0.05) is 13.8 Å². The molecule has 0 aliphatic heterocycles. The third-order valence-electron chi connectivity index (χ3n) is 2.43. The summed E-state index contributed by atoms with van der Waals surface area (Å²) in [6.07, 6.45) is 3.47. The number of hydrogen-bond donors (Lipinski definition) is 2. The van der Waals surface area contributed by atoms with Gasteiger partial charge in [0.05, 0.1) is 12.5 Å². The monoisotopic (exact) mass is 274 g/mol. The van der Waals surface area contributed by atoms with E-state index in [-0.39, 0.29) is 11.1 Å². The molecule has 0 fully saturated rings. The van der Waals surface area contributed by atoms with E-state index in [1.807, 2.05) is 19.0 Å². The zero-order valence-electron chi connectivity index (χ0n) is 11.3. The lowest BCUT2D eigenvalue weighted by Gasteiger charge is -2.23. The van der Waals surface area contributed by atoms with Crippen molar-refractivity contribution in [3.8, 4) is 0 Å². The zero-order valence-corrected chi connectivity index (χ0v) is 12.2. The van der Waals surface area contributed by atoms with Crippen molar-refractivity contribution in [3.63, 3.8) is 0 Å². The Morgan fingerprint density at radius 3 is 2.56 bits per heavy atom. The molecule has 0 aliphatic carbocycles. The number of aromatic amines is 1. The fourth-order valence-electron chi connectivity index (χ4n) is 1.84. The molecule has 7 heteroatoms. The van der Waals surface area contributed by atoms with E-state index in [0.717, 1.165) is 6.42 Å². The molecule has 1 rings (SSSR count). The smallest absolute Gasteiger partial charge is 0.257 e. The Kier molecular flexibility index (Phi) is 5.30. The van der Waals surface area contributed by atoms with Gasteiger partial charge >= 0.3 is 0 Å². The molecule has 0 aliphatic rings. The van der Waals surface area contributed by atoms with Gasteiger partial charge in [-0.2, -0.15) is 0 Å². The van der Waals surface area contributed by atoms with Crippen LogP contribution in [0.4, 0.5) is 0 Å². The number of nitrogens with zero attached hydrogens (tertiary/aromatic N) is 2. The standard InChI is InChI=1S/C11H22N4O2S/c1-9(2)5-10(7-15(3)4)14-18(16,17)11-6-12-8-13-11/h6,8-10,14H,5,7H2,1-4H3,(H,12,13). The van der Waals surface area contributed by atoms with Gasteiger partial charge < -0.3 is 9.88 Å². The van der Waals surface area contributed by atoms with Crippen LogP contribution in [0.2, 0.25) is 0 Å². The number of sulfonamides is 1. The highest BCUT2D eigenvalue weighted by atomic mass is 32.2. The minimum Gasteiger partial charge on any atom is -0.335 e. The van der Waals surface area contributed by atoms with Crippen molar-refractivity contribution in [1.82, 2.24) is 19.6 Å². The maximum atomic E-state index is 12.1. The van der Waals surface area contributed by atoms with Crippen LogP contribution in [0.25, 0.3) is 0 Å². The normalized spacial score (nSPS) is 14.3. The average molecular weight is 274 g/mol. The molecule has 1 aromatic heterocycles. The second-order valence-corrected chi connectivity index (χ2v) is 6.81. The highest BCUT2D eigenvalue weighted by molar-refractivity contribution is 7.89. The van der Waals surface area contributed by atoms with Crippen molar-refractivity contribution in [2.45, 2.75) is 31.3 Å². The SMILES string of the molecule is CC(C)CC(CN(C)C)NS(=O)(=O)c1cnc[nH]1. The van der Waals surface area contributed by atoms with Crippen LogP contribution in [0.3, 0.4) is 0 Å². The first-order valence-electron chi connectivity index (χ1n) is 5.96. The van der Waals surface area contributed by atoms with Crippen molar-refractivity contribution in [2.75, 3.05) is 20.6 Å². The molecular weight excluding hydrogens is 252 g/mol. The lowest BCUT2D eigenvalue weighted by molar-refractivity contribution is 0.329. The second-order valence-electron chi connectivity index (χ2n) is 5.13. The molecular formula is C11H22N4O2S. The van der Waals surface area contributed by atoms with Gasteiger partial charge in [0, 0.05) is 12.6 Å². The van der Waals surface area contributed by atoms with Gasteiger partial charge in [0.1, 0.15) is 0 Å². The Bertz CT molecular complexity index is 430. The molecule has 1 aromatic rings. The van der Waals surface area contributed by atoms with Crippen LogP contribution < -0.4 is 4.72 Å². The first-order chi connectivity index (χ1) is 8.31. The summed E-state index contributed by atoms with van der Waals surface area (Å²) in [5, 5.41) is 0.106. The number of likely N-dealkylation sites (N-methyl/N-ethyl adjacent to an activating group) is 1. The van der Waals surface area contributed by atoms with Crippen LogP contribution in [0.5, 0.6) is 0 Å². The van der Waals surface area contributed by atoms with Gasteiger partial charge in [0.15, 0.2) is 5.03 Å². The van der Waals surface area contributed by atoms with Gasteiger partial charge in [-0.25, -0.2) is 18.1 Å². The molecule has 18 heavy (non-hydrogen) atoms. The number of nitrogens with one attached hydrogen (secondary N) is 2. The summed E-state index contributed by atoms with van der Waals surface area (Å²) < 4.78 is 26.8. The van der Waals surface area contributed by atoms with E-state index in [9.17, 15) is 8.42 Å². The second kappa shape index (κ2) is 6.31. The molecule has 1 atom stereocenters. The lowest BCUT2D eigenvalue weighted by Crippen LogP contribution is -2.42. The Morgan fingerprint density at radius 1 is 1.44 bits per heavy atom. The first kappa shape index (κ1) is 15.1. The molecule has 0 aromatic carbocycles. The molecule has 0 saturated carbocycles. The predicted molar refractivity (Wildman–Crippen MR) is 70.7 cm³/mol. The molecule has 1 heterocycles. The van der Waals surface area contributed by atoms with Crippen molar-refractivity contribution in [3.05, 3.63) is 12.5 Å². The van der Waals surface area contributed by atoms with Crippen LogP contribution in [0, 0.1) is 5.92 Å². The minimum atomic E-state index is -3.50. The summed E-state index contributed by atoms with van der Waals surface area (Å²) >= 11 is 0. The fraction of sp³-hybridized carbons (Fsp3) is 0.727. The van der Waals surface area contributed by atoms with Gasteiger partial charge in [-0.3, -0.25) is 0 Å². The molecule has 0 saturated heterocycles. The number of H-pyrrole nitrogens is 1. The van der Waals surface area contributed by atoms with E-state index in [4.69, 9.17) is 0 Å². The van der Waals surface area contributed by atoms with Gasteiger partial charge in [-0.15, -0.1) is 0 Å². The summed E-state index contributed by atoms with van der Waals surface area (Å²) in [5.41, 5.74) is 0. The van der Waals surface area contributed by atoms with E-state index in [2.05, 4.69) is 28.5 Å². The van der Waals surface area contributed by atoms with Gasteiger partial charge in [0.2, 0.25) is 0 Å². The minimum absolute atomic E-state index is 0.103. The number of aromatic nitrogens is 2. The Morgan fingerprint density at radius 2 is 2.11 bits per heavy atom. The fourth-order valence-corrected chi connectivity index (χ4v) is 2.99. The quantitative estimate of drug-likeness (QED) is 0.766. The molecule has 2 N–H and O–H groups in total. The predicted octanol–water partition coefficient (Wildman–Crippen LogP) is 0.664. The highest BCUT2D eigenvalue weighted by Crippen LogP contribution is 2.10. The van der Waals surface area contributed by atoms with Crippen LogP contribution in [0.1, 0.15) is 20.3 Å². The lowest BCUT2D eigenvalue weighted by atomic mass is 10.0. The summed E-state index contributed by atoms with van der Waals surface area (Å²) in [6.45, 7) is 4.83. The molecule has 6 nitrogen and oxygen atoms in total. The van der Waals surface area contributed by atoms with Crippen LogP contribution in [0.15, 0.2) is 17.6 Å². The third kappa shape index (κ3) is 4.75. The maximum absolute atomic E-state index is 12.1. The first-order valence-corrected chi connectivity index (χ1v) is 7.45.